The molecule has 1 aliphatic carbocycles. The Hall–Kier alpha value is -2.04. The van der Waals surface area contributed by atoms with Gasteiger partial charge in [0.2, 0.25) is 5.91 Å². The van der Waals surface area contributed by atoms with Gasteiger partial charge in [-0.2, -0.15) is 0 Å². The smallest absolute Gasteiger partial charge is 0.228 e. The van der Waals surface area contributed by atoms with E-state index in [1.807, 2.05) is 36.4 Å². The quantitative estimate of drug-likeness (QED) is 0.902. The van der Waals surface area contributed by atoms with E-state index in [0.29, 0.717) is 0 Å². The van der Waals surface area contributed by atoms with E-state index in [1.165, 1.54) is 5.69 Å². The molecular formula is C20H21ClN2O2. The van der Waals surface area contributed by atoms with Crippen molar-refractivity contribution in [1.29, 1.82) is 0 Å². The van der Waals surface area contributed by atoms with Crippen LogP contribution in [0.15, 0.2) is 48.5 Å². The van der Waals surface area contributed by atoms with Crippen LogP contribution in [0.3, 0.4) is 0 Å². The number of hydrogen-bond acceptors (Lipinski definition) is 3. The van der Waals surface area contributed by atoms with Gasteiger partial charge >= 0.3 is 0 Å². The minimum atomic E-state index is 0.0128. The summed E-state index contributed by atoms with van der Waals surface area (Å²) in [7, 11) is 0. The zero-order chi connectivity index (χ0) is 17.2. The maximum absolute atomic E-state index is 12.5. The molecule has 1 aliphatic heterocycles. The van der Waals surface area contributed by atoms with Gasteiger partial charge in [0, 0.05) is 35.4 Å². The highest BCUT2D eigenvalue weighted by Crippen LogP contribution is 2.50. The van der Waals surface area contributed by atoms with Gasteiger partial charge in [-0.15, -0.1) is 0 Å². The van der Waals surface area contributed by atoms with E-state index < -0.39 is 0 Å². The Morgan fingerprint density at radius 3 is 2.52 bits per heavy atom. The van der Waals surface area contributed by atoms with Crippen molar-refractivity contribution in [1.82, 2.24) is 0 Å². The normalized spacial score (nSPS) is 22.5. The zero-order valence-electron chi connectivity index (χ0n) is 14.0. The molecule has 0 aromatic heterocycles. The summed E-state index contributed by atoms with van der Waals surface area (Å²) >= 11 is 6.24. The van der Waals surface area contributed by atoms with Gasteiger partial charge in [0.1, 0.15) is 0 Å². The zero-order valence-corrected chi connectivity index (χ0v) is 14.7. The molecule has 5 heteroatoms. The summed E-state index contributed by atoms with van der Waals surface area (Å²) in [6.45, 7) is 3.35. The summed E-state index contributed by atoms with van der Waals surface area (Å²) in [5, 5.41) is 3.78. The highest BCUT2D eigenvalue weighted by Gasteiger charge is 2.44. The summed E-state index contributed by atoms with van der Waals surface area (Å²) < 4.78 is 5.38. The number of hydrogen-bond donors (Lipinski definition) is 1. The molecule has 4 nitrogen and oxygen atoms in total. The predicted molar refractivity (Wildman–Crippen MR) is 100 cm³/mol. The van der Waals surface area contributed by atoms with Crippen LogP contribution in [0.1, 0.15) is 17.9 Å². The Labute approximate surface area is 152 Å². The topological polar surface area (TPSA) is 41.6 Å². The van der Waals surface area contributed by atoms with Gasteiger partial charge in [0.25, 0.3) is 0 Å². The van der Waals surface area contributed by atoms with Gasteiger partial charge in [-0.25, -0.2) is 0 Å². The molecule has 0 bridgehead atoms. The van der Waals surface area contributed by atoms with E-state index >= 15 is 0 Å². The molecule has 1 amide bonds. The molecular weight excluding hydrogens is 336 g/mol. The second-order valence-corrected chi connectivity index (χ2v) is 7.01. The summed E-state index contributed by atoms with van der Waals surface area (Å²) in [5.41, 5.74) is 3.08. The highest BCUT2D eigenvalue weighted by atomic mass is 35.5. The van der Waals surface area contributed by atoms with Crippen LogP contribution >= 0.6 is 11.6 Å². The number of benzene rings is 2. The SMILES string of the molecule is O=C(Nc1ccc(N2CCOCC2)cc1)C1CC1c1ccccc1Cl. The molecule has 25 heavy (non-hydrogen) atoms. The number of rotatable bonds is 4. The number of morpholine rings is 1. The average molecular weight is 357 g/mol. The first-order chi connectivity index (χ1) is 12.2. The fourth-order valence-corrected chi connectivity index (χ4v) is 3.69. The lowest BCUT2D eigenvalue weighted by Gasteiger charge is -2.28. The maximum atomic E-state index is 12.5. The van der Waals surface area contributed by atoms with Gasteiger partial charge in [0.05, 0.1) is 13.2 Å². The number of ether oxygens (including phenoxy) is 1. The third-order valence-corrected chi connectivity index (χ3v) is 5.29. The first kappa shape index (κ1) is 16.4. The molecule has 1 saturated carbocycles. The highest BCUT2D eigenvalue weighted by molar-refractivity contribution is 6.31. The standard InChI is InChI=1S/C20H21ClN2O2/c21-19-4-2-1-3-16(19)17-13-18(17)20(24)22-14-5-7-15(8-6-14)23-9-11-25-12-10-23/h1-8,17-18H,9-13H2,(H,22,24). The van der Waals surface area contributed by atoms with Crippen molar-refractivity contribution in [2.75, 3.05) is 36.5 Å². The van der Waals surface area contributed by atoms with Crippen molar-refractivity contribution in [3.63, 3.8) is 0 Å². The first-order valence-electron chi connectivity index (χ1n) is 8.70. The van der Waals surface area contributed by atoms with Crippen LogP contribution in [0, 0.1) is 5.92 Å². The summed E-state index contributed by atoms with van der Waals surface area (Å²) in [4.78, 5) is 14.8. The number of halogens is 1. The molecule has 4 rings (SSSR count). The van der Waals surface area contributed by atoms with Crippen molar-refractivity contribution < 1.29 is 9.53 Å². The number of nitrogens with one attached hydrogen (secondary N) is 1. The molecule has 1 heterocycles. The number of carbonyl (C=O) groups is 1. The van der Waals surface area contributed by atoms with Crippen LogP contribution in [-0.4, -0.2) is 32.2 Å². The molecule has 130 valence electrons. The average Bonchev–Trinajstić information content (AvgIpc) is 3.44. The van der Waals surface area contributed by atoms with Crippen molar-refractivity contribution in [3.8, 4) is 0 Å². The Balaban J connectivity index is 1.36. The Morgan fingerprint density at radius 1 is 1.08 bits per heavy atom. The second kappa shape index (κ2) is 7.06. The Bertz CT molecular complexity index is 757. The van der Waals surface area contributed by atoms with Crippen LogP contribution in [0.4, 0.5) is 11.4 Å². The lowest BCUT2D eigenvalue weighted by molar-refractivity contribution is -0.117. The van der Waals surface area contributed by atoms with Gasteiger partial charge in [-0.3, -0.25) is 4.79 Å². The van der Waals surface area contributed by atoms with Gasteiger partial charge < -0.3 is 15.0 Å². The van der Waals surface area contributed by atoms with E-state index in [2.05, 4.69) is 22.3 Å². The number of amides is 1. The fraction of sp³-hybridized carbons (Fsp3) is 0.350. The van der Waals surface area contributed by atoms with Gasteiger partial charge in [-0.05, 0) is 48.2 Å². The second-order valence-electron chi connectivity index (χ2n) is 6.61. The van der Waals surface area contributed by atoms with Crippen LogP contribution in [-0.2, 0) is 9.53 Å². The van der Waals surface area contributed by atoms with Crippen LogP contribution in [0.5, 0.6) is 0 Å². The van der Waals surface area contributed by atoms with Gasteiger partial charge in [0.15, 0.2) is 0 Å². The molecule has 2 aromatic rings. The third-order valence-electron chi connectivity index (χ3n) is 4.94. The van der Waals surface area contributed by atoms with Crippen LogP contribution in [0.25, 0.3) is 0 Å². The lowest BCUT2D eigenvalue weighted by Crippen LogP contribution is -2.36. The Morgan fingerprint density at radius 2 is 1.80 bits per heavy atom. The number of anilines is 2. The molecule has 2 unspecified atom stereocenters. The molecule has 1 saturated heterocycles. The van der Waals surface area contributed by atoms with Gasteiger partial charge in [-0.1, -0.05) is 29.8 Å². The van der Waals surface area contributed by atoms with Crippen molar-refractivity contribution >= 4 is 28.9 Å². The number of nitrogens with zero attached hydrogens (tertiary/aromatic N) is 1. The summed E-state index contributed by atoms with van der Waals surface area (Å²) in [6.07, 6.45) is 0.863. The summed E-state index contributed by atoms with van der Waals surface area (Å²) in [5.74, 6) is 0.323. The largest absolute Gasteiger partial charge is 0.378 e. The van der Waals surface area contributed by atoms with Crippen LogP contribution < -0.4 is 10.2 Å². The summed E-state index contributed by atoms with van der Waals surface area (Å²) in [6, 6.07) is 15.8. The first-order valence-corrected chi connectivity index (χ1v) is 9.08. The molecule has 2 aliphatic rings. The van der Waals surface area contributed by atoms with Crippen molar-refractivity contribution in [2.24, 2.45) is 5.92 Å². The molecule has 2 fully saturated rings. The monoisotopic (exact) mass is 356 g/mol. The lowest BCUT2D eigenvalue weighted by atomic mass is 10.1. The molecule has 1 N–H and O–H groups in total. The van der Waals surface area contributed by atoms with E-state index in [1.54, 1.807) is 0 Å². The van der Waals surface area contributed by atoms with E-state index in [0.717, 1.165) is 49.0 Å². The van der Waals surface area contributed by atoms with E-state index in [-0.39, 0.29) is 17.7 Å². The third kappa shape index (κ3) is 3.65. The molecule has 0 radical (unpaired) electrons. The minimum absolute atomic E-state index is 0.0128. The van der Waals surface area contributed by atoms with E-state index in [4.69, 9.17) is 16.3 Å². The number of carbonyl (C=O) groups excluding carboxylic acids is 1. The molecule has 0 spiro atoms. The van der Waals surface area contributed by atoms with E-state index in [9.17, 15) is 4.79 Å². The van der Waals surface area contributed by atoms with Crippen molar-refractivity contribution in [3.05, 3.63) is 59.1 Å². The molecule has 2 atom stereocenters. The predicted octanol–water partition coefficient (Wildman–Crippen LogP) is 3.92. The minimum Gasteiger partial charge on any atom is -0.378 e. The maximum Gasteiger partial charge on any atom is 0.228 e. The molecule has 2 aromatic carbocycles. The Kier molecular flexibility index (Phi) is 4.64. The van der Waals surface area contributed by atoms with Crippen molar-refractivity contribution in [2.45, 2.75) is 12.3 Å². The fourth-order valence-electron chi connectivity index (χ4n) is 3.42. The van der Waals surface area contributed by atoms with Crippen LogP contribution in [0.2, 0.25) is 5.02 Å².